The van der Waals surface area contributed by atoms with Crippen LogP contribution in [0.4, 0.5) is 0 Å². The van der Waals surface area contributed by atoms with E-state index in [0.29, 0.717) is 6.61 Å². The van der Waals surface area contributed by atoms with Crippen molar-refractivity contribution in [1.82, 2.24) is 0 Å². The van der Waals surface area contributed by atoms with Gasteiger partial charge in [-0.15, -0.1) is 0 Å². The maximum Gasteiger partial charge on any atom is 0.329 e. The Morgan fingerprint density at radius 1 is 1.14 bits per heavy atom. The van der Waals surface area contributed by atoms with E-state index >= 15 is 0 Å². The molecule has 82 valence electrons. The van der Waals surface area contributed by atoms with Crippen molar-refractivity contribution in [3.8, 4) is 0 Å². The lowest BCUT2D eigenvalue weighted by Gasteiger charge is -2.38. The smallest absolute Gasteiger partial charge is 0.327 e. The second kappa shape index (κ2) is 4.55. The highest BCUT2D eigenvalue weighted by atomic mass is 17.4. The summed E-state index contributed by atoms with van der Waals surface area (Å²) in [6.45, 7) is 1.48. The first-order chi connectivity index (χ1) is 6.85. The third-order valence-electron chi connectivity index (χ3n) is 2.48. The summed E-state index contributed by atoms with van der Waals surface area (Å²) in [6, 6.07) is 0. The average molecular weight is 204 g/mol. The Kier molecular flexibility index (Phi) is 3.35. The van der Waals surface area contributed by atoms with E-state index in [2.05, 4.69) is 0 Å². The maximum atomic E-state index is 5.20. The van der Waals surface area contributed by atoms with Gasteiger partial charge in [-0.3, -0.25) is 0 Å². The van der Waals surface area contributed by atoms with Gasteiger partial charge >= 0.3 is 6.48 Å². The van der Waals surface area contributed by atoms with E-state index in [-0.39, 0.29) is 0 Å². The summed E-state index contributed by atoms with van der Waals surface area (Å²) < 4.78 is 5.02. The first kappa shape index (κ1) is 10.3. The number of hydrogen-bond acceptors (Lipinski definition) is 5. The van der Waals surface area contributed by atoms with Crippen molar-refractivity contribution in [3.63, 3.8) is 0 Å². The topological polar surface area (TPSA) is 46.2 Å². The summed E-state index contributed by atoms with van der Waals surface area (Å²) in [6.07, 6.45) is 4.99. The molecule has 0 N–H and O–H groups in total. The number of rotatable bonds is 2. The number of ether oxygens (including phenoxy) is 1. The minimum absolute atomic E-state index is 0.490. The Labute approximate surface area is 83.1 Å². The Morgan fingerprint density at radius 3 is 2.36 bits per heavy atom. The molecule has 2 fully saturated rings. The zero-order valence-corrected chi connectivity index (χ0v) is 8.36. The molecule has 0 radical (unpaired) electrons. The lowest BCUT2D eigenvalue weighted by molar-refractivity contribution is -0.660. The van der Waals surface area contributed by atoms with E-state index in [9.17, 15) is 0 Å². The predicted octanol–water partition coefficient (Wildman–Crippen LogP) is 1.88. The minimum Gasteiger partial charge on any atom is -0.327 e. The molecule has 5 nitrogen and oxygen atoms in total. The van der Waals surface area contributed by atoms with Crippen molar-refractivity contribution >= 4 is 0 Å². The molecule has 5 heteroatoms. The van der Waals surface area contributed by atoms with Crippen LogP contribution in [-0.4, -0.2) is 18.9 Å². The minimum atomic E-state index is -0.854. The van der Waals surface area contributed by atoms with Gasteiger partial charge in [0, 0.05) is 19.4 Å². The molecule has 1 aliphatic carbocycles. The van der Waals surface area contributed by atoms with Crippen LogP contribution in [0.3, 0.4) is 0 Å². The van der Waals surface area contributed by atoms with Crippen molar-refractivity contribution in [2.75, 3.05) is 6.61 Å². The van der Waals surface area contributed by atoms with Crippen LogP contribution in [0.15, 0.2) is 0 Å². The number of hydrogen-bond donors (Lipinski definition) is 0. The van der Waals surface area contributed by atoms with E-state index < -0.39 is 12.3 Å². The van der Waals surface area contributed by atoms with Crippen molar-refractivity contribution in [2.45, 2.75) is 51.3 Å². The zero-order chi connectivity index (χ0) is 9.86. The van der Waals surface area contributed by atoms with Gasteiger partial charge in [0.15, 0.2) is 0 Å². The molecule has 0 aromatic carbocycles. The highest BCUT2D eigenvalue weighted by Gasteiger charge is 2.42. The molecule has 1 saturated carbocycles. The largest absolute Gasteiger partial charge is 0.329 e. The molecule has 0 amide bonds. The third-order valence-corrected chi connectivity index (χ3v) is 2.48. The Morgan fingerprint density at radius 2 is 1.79 bits per heavy atom. The lowest BCUT2D eigenvalue weighted by atomic mass is 9.94. The van der Waals surface area contributed by atoms with Crippen LogP contribution in [-0.2, 0) is 24.3 Å². The molecule has 1 saturated heterocycles. The van der Waals surface area contributed by atoms with Crippen LogP contribution in [0.25, 0.3) is 0 Å². The molecule has 14 heavy (non-hydrogen) atoms. The van der Waals surface area contributed by atoms with Gasteiger partial charge in [0.2, 0.25) is 5.79 Å². The molecule has 0 unspecified atom stereocenters. The van der Waals surface area contributed by atoms with E-state index in [1.807, 2.05) is 6.92 Å². The molecule has 1 aliphatic heterocycles. The van der Waals surface area contributed by atoms with Crippen LogP contribution in [0.5, 0.6) is 0 Å². The van der Waals surface area contributed by atoms with E-state index in [4.69, 9.17) is 24.3 Å². The SMILES string of the molecule is CCOC1OOC2(CCCCC2)OO1. The standard InChI is InChI=1S/C9H16O5/c1-2-10-8-11-13-9(14-12-8)6-4-3-5-7-9/h8H,2-7H2,1H3. The third kappa shape index (κ3) is 2.24. The average Bonchev–Trinajstić information content (AvgIpc) is 2.24. The molecule has 1 heterocycles. The van der Waals surface area contributed by atoms with Crippen molar-refractivity contribution < 1.29 is 24.3 Å². The van der Waals surface area contributed by atoms with Gasteiger partial charge in [0.05, 0.1) is 0 Å². The highest BCUT2D eigenvalue weighted by Crippen LogP contribution is 2.36. The van der Waals surface area contributed by atoms with Gasteiger partial charge in [0.1, 0.15) is 0 Å². The van der Waals surface area contributed by atoms with Gasteiger partial charge in [-0.05, 0) is 19.8 Å². The van der Waals surface area contributed by atoms with Crippen molar-refractivity contribution in [3.05, 3.63) is 0 Å². The first-order valence-electron chi connectivity index (χ1n) is 5.15. The zero-order valence-electron chi connectivity index (χ0n) is 8.36. The molecule has 2 aliphatic rings. The summed E-state index contributed by atoms with van der Waals surface area (Å²) in [4.78, 5) is 20.3. The molecule has 0 bridgehead atoms. The molecular formula is C9H16O5. The van der Waals surface area contributed by atoms with Gasteiger partial charge < -0.3 is 4.74 Å². The summed E-state index contributed by atoms with van der Waals surface area (Å²) in [5.74, 6) is -0.689. The molecule has 0 atom stereocenters. The fourth-order valence-corrected chi connectivity index (χ4v) is 1.73. The maximum absolute atomic E-state index is 5.20. The summed E-state index contributed by atoms with van der Waals surface area (Å²) in [5, 5.41) is 0. The normalized spacial score (nSPS) is 28.1. The van der Waals surface area contributed by atoms with Gasteiger partial charge in [0.25, 0.3) is 0 Å². The second-order valence-electron chi connectivity index (χ2n) is 3.57. The molecule has 1 spiro atoms. The fourth-order valence-electron chi connectivity index (χ4n) is 1.73. The quantitative estimate of drug-likeness (QED) is 0.642. The van der Waals surface area contributed by atoms with Crippen LogP contribution in [0.1, 0.15) is 39.0 Å². The van der Waals surface area contributed by atoms with Crippen molar-refractivity contribution in [1.29, 1.82) is 0 Å². The highest BCUT2D eigenvalue weighted by molar-refractivity contribution is 4.73. The molecule has 2 rings (SSSR count). The first-order valence-corrected chi connectivity index (χ1v) is 5.15. The Balaban J connectivity index is 1.81. The molecule has 0 aromatic heterocycles. The van der Waals surface area contributed by atoms with E-state index in [1.165, 1.54) is 6.42 Å². The summed E-state index contributed by atoms with van der Waals surface area (Å²) >= 11 is 0. The molecular weight excluding hydrogens is 188 g/mol. The van der Waals surface area contributed by atoms with Gasteiger partial charge in [-0.1, -0.05) is 6.42 Å². The lowest BCUT2D eigenvalue weighted by Crippen LogP contribution is -2.45. The van der Waals surface area contributed by atoms with Crippen LogP contribution in [0, 0.1) is 0 Å². The van der Waals surface area contributed by atoms with Crippen molar-refractivity contribution in [2.24, 2.45) is 0 Å². The van der Waals surface area contributed by atoms with Crippen LogP contribution in [0.2, 0.25) is 0 Å². The van der Waals surface area contributed by atoms with Crippen LogP contribution < -0.4 is 0 Å². The van der Waals surface area contributed by atoms with E-state index in [1.54, 1.807) is 0 Å². The fraction of sp³-hybridized carbons (Fsp3) is 1.00. The van der Waals surface area contributed by atoms with Gasteiger partial charge in [-0.2, -0.15) is 19.6 Å². The second-order valence-corrected chi connectivity index (χ2v) is 3.57. The molecule has 0 aromatic rings. The predicted molar refractivity (Wildman–Crippen MR) is 45.6 cm³/mol. The Hall–Kier alpha value is -0.200. The van der Waals surface area contributed by atoms with Crippen LogP contribution >= 0.6 is 0 Å². The monoisotopic (exact) mass is 204 g/mol. The Bertz CT molecular complexity index is 168. The summed E-state index contributed by atoms with van der Waals surface area (Å²) in [7, 11) is 0. The summed E-state index contributed by atoms with van der Waals surface area (Å²) in [5.41, 5.74) is 0. The van der Waals surface area contributed by atoms with Gasteiger partial charge in [-0.25, -0.2) is 0 Å². The van der Waals surface area contributed by atoms with E-state index in [0.717, 1.165) is 25.7 Å².